The van der Waals surface area contributed by atoms with E-state index in [1.165, 1.54) is 13.4 Å². The highest BCUT2D eigenvalue weighted by Crippen LogP contribution is 2.30. The summed E-state index contributed by atoms with van der Waals surface area (Å²) in [6, 6.07) is 5.78. The molecular formula is C14H15ClN2O4. The molecule has 112 valence electrons. The van der Waals surface area contributed by atoms with Gasteiger partial charge >= 0.3 is 5.97 Å². The zero-order valence-corrected chi connectivity index (χ0v) is 12.4. The maximum absolute atomic E-state index is 11.6. The summed E-state index contributed by atoms with van der Waals surface area (Å²) in [5.41, 5.74) is 1.22. The van der Waals surface area contributed by atoms with Gasteiger partial charge in [0.15, 0.2) is 0 Å². The maximum atomic E-state index is 11.6. The molecule has 0 spiro atoms. The minimum absolute atomic E-state index is 0.344. The van der Waals surface area contributed by atoms with E-state index in [-0.39, 0.29) is 0 Å². The number of hydrogen-bond donors (Lipinski definition) is 1. The smallest absolute Gasteiger partial charge is 0.325 e. The molecule has 6 nitrogen and oxygen atoms in total. The molecule has 0 radical (unpaired) electrons. The van der Waals surface area contributed by atoms with E-state index in [1.54, 1.807) is 36.2 Å². The molecule has 0 fully saturated rings. The molecule has 21 heavy (non-hydrogen) atoms. The van der Waals surface area contributed by atoms with Gasteiger partial charge in [-0.2, -0.15) is 0 Å². The molecule has 0 aliphatic rings. The average Bonchev–Trinajstić information content (AvgIpc) is 2.91. The molecular weight excluding hydrogens is 296 g/mol. The zero-order chi connectivity index (χ0) is 15.4. The van der Waals surface area contributed by atoms with Crippen LogP contribution in [-0.2, 0) is 11.3 Å². The zero-order valence-electron chi connectivity index (χ0n) is 11.6. The van der Waals surface area contributed by atoms with Crippen molar-refractivity contribution in [2.45, 2.75) is 12.6 Å². The van der Waals surface area contributed by atoms with Gasteiger partial charge in [-0.3, -0.25) is 9.69 Å². The molecule has 2 rings (SSSR count). The predicted molar refractivity (Wildman–Crippen MR) is 76.4 cm³/mol. The topological polar surface area (TPSA) is 75.8 Å². The summed E-state index contributed by atoms with van der Waals surface area (Å²) in [6.45, 7) is 0.344. The second-order valence-electron chi connectivity index (χ2n) is 4.54. The summed E-state index contributed by atoms with van der Waals surface area (Å²) in [4.78, 5) is 13.2. The Labute approximate surface area is 126 Å². The van der Waals surface area contributed by atoms with E-state index in [0.717, 1.165) is 0 Å². The number of aliphatic carboxylic acids is 1. The van der Waals surface area contributed by atoms with Crippen molar-refractivity contribution in [2.24, 2.45) is 0 Å². The molecule has 0 aliphatic carbocycles. The third-order valence-electron chi connectivity index (χ3n) is 3.07. The Hall–Kier alpha value is -2.05. The first-order valence-electron chi connectivity index (χ1n) is 6.18. The summed E-state index contributed by atoms with van der Waals surface area (Å²) < 4.78 is 9.82. The second-order valence-corrected chi connectivity index (χ2v) is 4.95. The summed E-state index contributed by atoms with van der Waals surface area (Å²) >= 11 is 6.06. The van der Waals surface area contributed by atoms with E-state index >= 15 is 0 Å². The van der Waals surface area contributed by atoms with Crippen molar-refractivity contribution in [3.8, 4) is 5.75 Å². The molecule has 2 aromatic rings. The minimum Gasteiger partial charge on any atom is -0.495 e. The fourth-order valence-electron chi connectivity index (χ4n) is 2.10. The molecule has 0 bridgehead atoms. The Balaban J connectivity index is 2.26. The standard InChI is InChI=1S/C14H15ClN2O4/c1-17(8-10-5-6-21-16-10)13(14(18)19)9-3-4-12(20-2)11(15)7-9/h3-7,13H,8H2,1-2H3,(H,18,19). The minimum atomic E-state index is -0.970. The largest absolute Gasteiger partial charge is 0.495 e. The third kappa shape index (κ3) is 3.53. The normalized spacial score (nSPS) is 12.4. The highest BCUT2D eigenvalue weighted by atomic mass is 35.5. The number of carboxylic acid groups (broad SMARTS) is 1. The van der Waals surface area contributed by atoms with Crippen molar-refractivity contribution < 1.29 is 19.2 Å². The molecule has 0 saturated heterocycles. The quantitative estimate of drug-likeness (QED) is 0.884. The van der Waals surface area contributed by atoms with Crippen molar-refractivity contribution in [2.75, 3.05) is 14.2 Å². The first kappa shape index (κ1) is 15.3. The SMILES string of the molecule is COc1ccc(C(C(=O)O)N(C)Cc2ccon2)cc1Cl. The predicted octanol–water partition coefficient (Wildman–Crippen LogP) is 2.59. The number of rotatable bonds is 6. The monoisotopic (exact) mass is 310 g/mol. The number of carboxylic acids is 1. The third-order valence-corrected chi connectivity index (χ3v) is 3.36. The van der Waals surface area contributed by atoms with Gasteiger partial charge in [0.25, 0.3) is 0 Å². The number of benzene rings is 1. The van der Waals surface area contributed by atoms with E-state index in [9.17, 15) is 9.90 Å². The van der Waals surface area contributed by atoms with Gasteiger partial charge in [-0.15, -0.1) is 0 Å². The van der Waals surface area contributed by atoms with E-state index in [2.05, 4.69) is 5.16 Å². The van der Waals surface area contributed by atoms with Gasteiger partial charge in [0.1, 0.15) is 18.1 Å². The molecule has 0 aliphatic heterocycles. The molecule has 1 unspecified atom stereocenters. The van der Waals surface area contributed by atoms with Gasteiger partial charge in [-0.1, -0.05) is 22.8 Å². The highest BCUT2D eigenvalue weighted by molar-refractivity contribution is 6.32. The summed E-state index contributed by atoms with van der Waals surface area (Å²) in [5.74, 6) is -0.467. The Kier molecular flexibility index (Phi) is 4.82. The van der Waals surface area contributed by atoms with Crippen molar-refractivity contribution >= 4 is 17.6 Å². The molecule has 0 saturated carbocycles. The van der Waals surface area contributed by atoms with E-state index < -0.39 is 12.0 Å². The van der Waals surface area contributed by atoms with Crippen LogP contribution < -0.4 is 4.74 Å². The van der Waals surface area contributed by atoms with Crippen molar-refractivity contribution in [1.82, 2.24) is 10.1 Å². The number of hydrogen-bond acceptors (Lipinski definition) is 5. The summed E-state index contributed by atoms with van der Waals surface area (Å²) in [5, 5.41) is 13.6. The van der Waals surface area contributed by atoms with Crippen molar-refractivity contribution in [3.05, 3.63) is 46.8 Å². The molecule has 1 N–H and O–H groups in total. The van der Waals surface area contributed by atoms with Crippen LogP contribution in [0.4, 0.5) is 0 Å². The fourth-order valence-corrected chi connectivity index (χ4v) is 2.37. The van der Waals surface area contributed by atoms with E-state index in [0.29, 0.717) is 28.6 Å². The summed E-state index contributed by atoms with van der Waals surface area (Å²) in [7, 11) is 3.21. The first-order chi connectivity index (χ1) is 10.0. The van der Waals surface area contributed by atoms with Gasteiger partial charge in [0.2, 0.25) is 0 Å². The van der Waals surface area contributed by atoms with Crippen LogP contribution in [0.1, 0.15) is 17.3 Å². The van der Waals surface area contributed by atoms with Gasteiger partial charge < -0.3 is 14.4 Å². The van der Waals surface area contributed by atoms with Crippen LogP contribution in [-0.4, -0.2) is 35.3 Å². The van der Waals surface area contributed by atoms with Crippen LogP contribution >= 0.6 is 11.6 Å². The lowest BCUT2D eigenvalue weighted by Crippen LogP contribution is -2.30. The number of ether oxygens (including phenoxy) is 1. The number of nitrogens with zero attached hydrogens (tertiary/aromatic N) is 2. The molecule has 1 heterocycles. The van der Waals surface area contributed by atoms with Gasteiger partial charge in [-0.25, -0.2) is 0 Å². The van der Waals surface area contributed by atoms with Crippen LogP contribution in [0.3, 0.4) is 0 Å². The number of likely N-dealkylation sites (N-methyl/N-ethyl adjacent to an activating group) is 1. The second kappa shape index (κ2) is 6.60. The molecule has 1 aromatic carbocycles. The molecule has 1 atom stereocenters. The molecule has 1 aromatic heterocycles. The number of aromatic nitrogens is 1. The Morgan fingerprint density at radius 2 is 2.29 bits per heavy atom. The molecule has 7 heteroatoms. The van der Waals surface area contributed by atoms with Crippen LogP contribution in [0.15, 0.2) is 35.1 Å². The fraction of sp³-hybridized carbons (Fsp3) is 0.286. The Bertz CT molecular complexity index is 615. The Morgan fingerprint density at radius 1 is 1.52 bits per heavy atom. The Morgan fingerprint density at radius 3 is 2.81 bits per heavy atom. The lowest BCUT2D eigenvalue weighted by Gasteiger charge is -2.24. The lowest BCUT2D eigenvalue weighted by molar-refractivity contribution is -0.143. The summed E-state index contributed by atoms with van der Waals surface area (Å²) in [6.07, 6.45) is 1.45. The van der Waals surface area contributed by atoms with Crippen LogP contribution in [0.25, 0.3) is 0 Å². The average molecular weight is 311 g/mol. The van der Waals surface area contributed by atoms with E-state index in [4.69, 9.17) is 20.9 Å². The maximum Gasteiger partial charge on any atom is 0.325 e. The van der Waals surface area contributed by atoms with Gasteiger partial charge in [-0.05, 0) is 24.7 Å². The first-order valence-corrected chi connectivity index (χ1v) is 6.56. The highest BCUT2D eigenvalue weighted by Gasteiger charge is 2.26. The molecule has 0 amide bonds. The number of methoxy groups -OCH3 is 1. The number of carbonyl (C=O) groups is 1. The van der Waals surface area contributed by atoms with Crippen molar-refractivity contribution in [1.29, 1.82) is 0 Å². The van der Waals surface area contributed by atoms with Crippen LogP contribution in [0, 0.1) is 0 Å². The van der Waals surface area contributed by atoms with Gasteiger partial charge in [0.05, 0.1) is 17.8 Å². The number of halogens is 1. The van der Waals surface area contributed by atoms with Crippen LogP contribution in [0.2, 0.25) is 5.02 Å². The van der Waals surface area contributed by atoms with Gasteiger partial charge in [0, 0.05) is 12.6 Å². The van der Waals surface area contributed by atoms with Crippen LogP contribution in [0.5, 0.6) is 5.75 Å². The van der Waals surface area contributed by atoms with E-state index in [1.807, 2.05) is 0 Å². The lowest BCUT2D eigenvalue weighted by atomic mass is 10.1. The van der Waals surface area contributed by atoms with Crippen molar-refractivity contribution in [3.63, 3.8) is 0 Å².